The van der Waals surface area contributed by atoms with Crippen molar-refractivity contribution in [2.24, 2.45) is 0 Å². The molecule has 9 heteroatoms. The fourth-order valence-corrected chi connectivity index (χ4v) is 10.6. The van der Waals surface area contributed by atoms with Gasteiger partial charge < -0.3 is 40.3 Å². The summed E-state index contributed by atoms with van der Waals surface area (Å²) in [5.41, 5.74) is 0. The molecule has 1 aliphatic rings. The van der Waals surface area contributed by atoms with Gasteiger partial charge in [0.2, 0.25) is 5.91 Å². The van der Waals surface area contributed by atoms with Crippen LogP contribution in [0.3, 0.4) is 0 Å². The number of hydrogen-bond acceptors (Lipinski definition) is 8. The minimum atomic E-state index is -1.55. The maximum absolute atomic E-state index is 13.1. The summed E-state index contributed by atoms with van der Waals surface area (Å²) in [6, 6.07) is -0.716. The van der Waals surface area contributed by atoms with Crippen LogP contribution < -0.4 is 5.32 Å². The molecule has 1 amide bonds. The van der Waals surface area contributed by atoms with Crippen molar-refractivity contribution in [2.45, 2.75) is 371 Å². The van der Waals surface area contributed by atoms with Crippen molar-refractivity contribution >= 4 is 5.91 Å². The molecule has 428 valence electrons. The number of rotatable bonds is 56. The predicted molar refractivity (Wildman–Crippen MR) is 304 cm³/mol. The summed E-state index contributed by atoms with van der Waals surface area (Å²) in [6.45, 7) is 3.89. The van der Waals surface area contributed by atoms with E-state index in [-0.39, 0.29) is 12.5 Å². The molecule has 1 aliphatic heterocycles. The van der Waals surface area contributed by atoms with Crippen molar-refractivity contribution in [1.29, 1.82) is 0 Å². The van der Waals surface area contributed by atoms with Gasteiger partial charge in [0.25, 0.3) is 0 Å². The molecule has 1 saturated heterocycles. The summed E-state index contributed by atoms with van der Waals surface area (Å²) in [4.78, 5) is 13.1. The Balaban J connectivity index is 2.10. The van der Waals surface area contributed by atoms with Crippen LogP contribution in [0.25, 0.3) is 0 Å². The van der Waals surface area contributed by atoms with Gasteiger partial charge >= 0.3 is 0 Å². The Labute approximate surface area is 446 Å². The molecule has 0 bridgehead atoms. The van der Waals surface area contributed by atoms with Gasteiger partial charge in [0, 0.05) is 6.42 Å². The van der Waals surface area contributed by atoms with E-state index in [1.807, 2.05) is 0 Å². The fraction of sp³-hybridized carbons (Fsp3) is 0.952. The third-order valence-electron chi connectivity index (χ3n) is 15.6. The van der Waals surface area contributed by atoms with Crippen molar-refractivity contribution in [3.05, 3.63) is 12.2 Å². The van der Waals surface area contributed by atoms with Crippen LogP contribution in [0, 0.1) is 0 Å². The smallest absolute Gasteiger partial charge is 0.220 e. The number of nitrogens with one attached hydrogen (secondary N) is 1. The Morgan fingerprint density at radius 1 is 0.458 bits per heavy atom. The van der Waals surface area contributed by atoms with Gasteiger partial charge in [-0.3, -0.25) is 4.79 Å². The van der Waals surface area contributed by atoms with Gasteiger partial charge in [-0.15, -0.1) is 0 Å². The van der Waals surface area contributed by atoms with Crippen LogP contribution in [0.1, 0.15) is 328 Å². The van der Waals surface area contributed by atoms with E-state index < -0.39 is 49.5 Å². The number of unbranched alkanes of at least 4 members (excludes halogenated alkanes) is 44. The van der Waals surface area contributed by atoms with Gasteiger partial charge in [0.15, 0.2) is 6.29 Å². The minimum absolute atomic E-state index is 0.133. The number of hydrogen-bond donors (Lipinski definition) is 6. The van der Waals surface area contributed by atoms with Crippen LogP contribution in [0.15, 0.2) is 12.2 Å². The summed E-state index contributed by atoms with van der Waals surface area (Å²) < 4.78 is 11.3. The molecule has 9 nitrogen and oxygen atoms in total. The summed E-state index contributed by atoms with van der Waals surface area (Å²) in [5.74, 6) is -0.137. The highest BCUT2D eigenvalue weighted by Gasteiger charge is 2.44. The normalized spacial score (nSPS) is 19.1. The molecule has 0 radical (unpaired) electrons. The zero-order valence-corrected chi connectivity index (χ0v) is 47.7. The molecule has 1 rings (SSSR count). The third-order valence-corrected chi connectivity index (χ3v) is 15.6. The molecule has 7 atom stereocenters. The van der Waals surface area contributed by atoms with Crippen molar-refractivity contribution in [2.75, 3.05) is 13.2 Å². The molecular formula is C63H123NO8. The van der Waals surface area contributed by atoms with E-state index in [4.69, 9.17) is 9.47 Å². The number of allylic oxidation sites excluding steroid dienone is 2. The quantitative estimate of drug-likeness (QED) is 0.0261. The number of aliphatic hydroxyl groups excluding tert-OH is 5. The molecular weight excluding hydrogens is 899 g/mol. The van der Waals surface area contributed by atoms with Crippen LogP contribution >= 0.6 is 0 Å². The molecule has 0 aliphatic carbocycles. The monoisotopic (exact) mass is 1020 g/mol. The van der Waals surface area contributed by atoms with Gasteiger partial charge in [-0.1, -0.05) is 296 Å². The molecule has 72 heavy (non-hydrogen) atoms. The first-order valence-corrected chi connectivity index (χ1v) is 31.9. The maximum atomic E-state index is 13.1. The van der Waals surface area contributed by atoms with E-state index in [1.54, 1.807) is 0 Å². The second kappa shape index (κ2) is 53.3. The Morgan fingerprint density at radius 2 is 0.778 bits per heavy atom. The van der Waals surface area contributed by atoms with Crippen LogP contribution in [0.2, 0.25) is 0 Å². The Hall–Kier alpha value is -1.07. The highest BCUT2D eigenvalue weighted by atomic mass is 16.7. The molecule has 6 N–H and O–H groups in total. The van der Waals surface area contributed by atoms with Crippen LogP contribution in [-0.2, 0) is 14.3 Å². The Kier molecular flexibility index (Phi) is 51.1. The lowest BCUT2D eigenvalue weighted by atomic mass is 9.99. The lowest BCUT2D eigenvalue weighted by Crippen LogP contribution is -2.60. The van der Waals surface area contributed by atoms with Crippen LogP contribution in [0.5, 0.6) is 0 Å². The van der Waals surface area contributed by atoms with E-state index in [1.165, 1.54) is 263 Å². The SMILES string of the molecule is CCCCCCCCCCCCCC/C=C\CCCCCCCCCCCCCCCCCCC(=O)NC(COC1OC(CO)C(O)C(O)C1O)C(O)CCCCCCCCCCCCCCCCCCC. The average Bonchev–Trinajstić information content (AvgIpc) is 3.38. The number of amides is 1. The van der Waals surface area contributed by atoms with Gasteiger partial charge in [-0.2, -0.15) is 0 Å². The van der Waals surface area contributed by atoms with Crippen molar-refractivity contribution in [3.63, 3.8) is 0 Å². The highest BCUT2D eigenvalue weighted by molar-refractivity contribution is 5.76. The summed E-state index contributed by atoms with van der Waals surface area (Å²) in [6.07, 6.45) is 59.8. The Morgan fingerprint density at radius 3 is 1.12 bits per heavy atom. The van der Waals surface area contributed by atoms with Crippen molar-refractivity contribution in [1.82, 2.24) is 5.32 Å². The summed E-state index contributed by atoms with van der Waals surface area (Å²) in [7, 11) is 0. The van der Waals surface area contributed by atoms with Gasteiger partial charge in [0.1, 0.15) is 24.4 Å². The molecule has 0 spiro atoms. The largest absolute Gasteiger partial charge is 0.394 e. The number of ether oxygens (including phenoxy) is 2. The van der Waals surface area contributed by atoms with Gasteiger partial charge in [0.05, 0.1) is 25.4 Å². The fourth-order valence-electron chi connectivity index (χ4n) is 10.6. The van der Waals surface area contributed by atoms with E-state index >= 15 is 0 Å². The average molecular weight is 1020 g/mol. The van der Waals surface area contributed by atoms with Crippen LogP contribution in [-0.4, -0.2) is 87.5 Å². The second-order valence-corrected chi connectivity index (χ2v) is 22.6. The number of carbonyl (C=O) groups excluding carboxylic acids is 1. The summed E-state index contributed by atoms with van der Waals surface area (Å²) in [5, 5.41) is 54.7. The first kappa shape index (κ1) is 68.9. The zero-order chi connectivity index (χ0) is 52.2. The van der Waals surface area contributed by atoms with Gasteiger partial charge in [-0.25, -0.2) is 0 Å². The third kappa shape index (κ3) is 42.1. The lowest BCUT2D eigenvalue weighted by molar-refractivity contribution is -0.302. The zero-order valence-electron chi connectivity index (χ0n) is 47.7. The molecule has 0 aromatic heterocycles. The van der Waals surface area contributed by atoms with E-state index in [0.717, 1.165) is 38.5 Å². The first-order valence-electron chi connectivity index (χ1n) is 31.9. The van der Waals surface area contributed by atoms with E-state index in [2.05, 4.69) is 31.3 Å². The standard InChI is InChI=1S/C63H123NO8/c1-3-5-7-9-11-13-15-17-19-21-22-23-24-25-26-27-28-29-30-31-32-33-34-35-37-39-41-43-45-47-49-51-53-59(67)64-56(55-71-63-62(70)61(69)60(68)58(54-65)72-63)57(66)52-50-48-46-44-42-40-38-36-20-18-16-14-12-10-8-6-4-2/h25-26,56-58,60-63,65-66,68-70H,3-24,27-55H2,1-2H3,(H,64,67)/b26-25-. The minimum Gasteiger partial charge on any atom is -0.394 e. The highest BCUT2D eigenvalue weighted by Crippen LogP contribution is 2.24. The Bertz CT molecular complexity index is 1140. The molecule has 0 aromatic rings. The first-order chi connectivity index (χ1) is 35.3. The van der Waals surface area contributed by atoms with Gasteiger partial charge in [-0.05, 0) is 38.5 Å². The molecule has 1 heterocycles. The van der Waals surface area contributed by atoms with E-state index in [0.29, 0.717) is 12.8 Å². The predicted octanol–water partition coefficient (Wildman–Crippen LogP) is 16.4. The maximum Gasteiger partial charge on any atom is 0.220 e. The lowest BCUT2D eigenvalue weighted by Gasteiger charge is -2.40. The molecule has 1 fully saturated rings. The number of aliphatic hydroxyl groups is 5. The molecule has 0 saturated carbocycles. The van der Waals surface area contributed by atoms with Crippen LogP contribution in [0.4, 0.5) is 0 Å². The van der Waals surface area contributed by atoms with Crippen molar-refractivity contribution in [3.8, 4) is 0 Å². The topological polar surface area (TPSA) is 149 Å². The van der Waals surface area contributed by atoms with Crippen molar-refractivity contribution < 1.29 is 39.8 Å². The molecule has 7 unspecified atom stereocenters. The second-order valence-electron chi connectivity index (χ2n) is 22.6. The van der Waals surface area contributed by atoms with E-state index in [9.17, 15) is 30.3 Å². The molecule has 0 aromatic carbocycles. The number of carbonyl (C=O) groups is 1. The summed E-state index contributed by atoms with van der Waals surface area (Å²) >= 11 is 0.